The van der Waals surface area contributed by atoms with Gasteiger partial charge in [0.2, 0.25) is 5.82 Å². The molecule has 1 fully saturated rings. The zero-order valence-electron chi connectivity index (χ0n) is 12.5. The second-order valence-electron chi connectivity index (χ2n) is 5.44. The Kier molecular flexibility index (Phi) is 4.79. The number of nitro groups is 1. The highest BCUT2D eigenvalue weighted by molar-refractivity contribution is 5.61. The number of nitrogens with zero attached hydrogens (tertiary/aromatic N) is 3. The molecule has 118 valence electrons. The Morgan fingerprint density at radius 1 is 1.52 bits per heavy atom. The van der Waals surface area contributed by atoms with E-state index in [1.165, 1.54) is 0 Å². The fourth-order valence-corrected chi connectivity index (χ4v) is 2.62. The van der Waals surface area contributed by atoms with E-state index in [4.69, 9.17) is 4.74 Å². The van der Waals surface area contributed by atoms with Gasteiger partial charge in [-0.15, -0.1) is 0 Å². The van der Waals surface area contributed by atoms with E-state index in [-0.39, 0.29) is 12.3 Å². The summed E-state index contributed by atoms with van der Waals surface area (Å²) in [4.78, 5) is 10.9. The molecule has 0 aliphatic carbocycles. The number of ether oxygens (including phenoxy) is 1. The molecule has 0 atom stereocenters. The van der Waals surface area contributed by atoms with Gasteiger partial charge in [0.05, 0.1) is 17.1 Å². The Balaban J connectivity index is 2.38. The molecule has 0 amide bonds. The minimum Gasteiger partial charge on any atom is -0.394 e. The predicted molar refractivity (Wildman–Crippen MR) is 77.4 cm³/mol. The normalized spacial score (nSPS) is 17.7. The van der Waals surface area contributed by atoms with Crippen LogP contribution in [-0.2, 0) is 11.3 Å². The molecule has 1 aliphatic heterocycles. The number of anilines is 1. The molecular weight excluding hydrogens is 276 g/mol. The Labute approximate surface area is 123 Å². The van der Waals surface area contributed by atoms with Crippen molar-refractivity contribution in [2.45, 2.75) is 45.2 Å². The van der Waals surface area contributed by atoms with Gasteiger partial charge >= 0.3 is 5.69 Å². The van der Waals surface area contributed by atoms with Gasteiger partial charge in [0.25, 0.3) is 0 Å². The molecule has 1 aromatic rings. The molecule has 2 rings (SSSR count). The largest absolute Gasteiger partial charge is 0.394 e. The topological polar surface area (TPSA) is 102 Å². The highest BCUT2D eigenvalue weighted by Crippen LogP contribution is 2.33. The van der Waals surface area contributed by atoms with Gasteiger partial charge in [-0.1, -0.05) is 6.92 Å². The number of aryl methyl sites for hydroxylation is 2. The first-order chi connectivity index (χ1) is 10.0. The number of hydrogen-bond donors (Lipinski definition) is 2. The summed E-state index contributed by atoms with van der Waals surface area (Å²) >= 11 is 0. The third-order valence-electron chi connectivity index (χ3n) is 3.85. The summed E-state index contributed by atoms with van der Waals surface area (Å²) in [6.45, 7) is 5.18. The van der Waals surface area contributed by atoms with Crippen molar-refractivity contribution in [3.63, 3.8) is 0 Å². The van der Waals surface area contributed by atoms with E-state index in [0.29, 0.717) is 44.1 Å². The fraction of sp³-hybridized carbons (Fsp3) is 0.769. The van der Waals surface area contributed by atoms with Crippen molar-refractivity contribution in [1.29, 1.82) is 0 Å². The number of aliphatic hydroxyl groups excluding tert-OH is 1. The van der Waals surface area contributed by atoms with Crippen LogP contribution in [0.5, 0.6) is 0 Å². The van der Waals surface area contributed by atoms with Gasteiger partial charge in [0.1, 0.15) is 5.69 Å². The monoisotopic (exact) mass is 298 g/mol. The minimum absolute atomic E-state index is 0.0113. The van der Waals surface area contributed by atoms with Crippen LogP contribution in [0.3, 0.4) is 0 Å². The van der Waals surface area contributed by atoms with Gasteiger partial charge < -0.3 is 15.2 Å². The van der Waals surface area contributed by atoms with Crippen LogP contribution in [0.4, 0.5) is 11.5 Å². The van der Waals surface area contributed by atoms with Gasteiger partial charge in [0, 0.05) is 19.8 Å². The Bertz CT molecular complexity index is 509. The smallest absolute Gasteiger partial charge is 0.333 e. The highest BCUT2D eigenvalue weighted by atomic mass is 16.6. The van der Waals surface area contributed by atoms with E-state index in [1.807, 2.05) is 6.92 Å². The fourth-order valence-electron chi connectivity index (χ4n) is 2.62. The molecule has 0 radical (unpaired) electrons. The van der Waals surface area contributed by atoms with Gasteiger partial charge in [-0.2, -0.15) is 5.10 Å². The lowest BCUT2D eigenvalue weighted by atomic mass is 9.91. The van der Waals surface area contributed by atoms with Gasteiger partial charge in [-0.3, -0.25) is 10.1 Å². The molecule has 2 heterocycles. The summed E-state index contributed by atoms with van der Waals surface area (Å²) in [6.07, 6.45) is 2.04. The maximum absolute atomic E-state index is 11.3. The molecule has 0 bridgehead atoms. The van der Waals surface area contributed by atoms with Crippen LogP contribution in [0, 0.1) is 17.0 Å². The van der Waals surface area contributed by atoms with E-state index < -0.39 is 10.5 Å². The second kappa shape index (κ2) is 6.40. The van der Waals surface area contributed by atoms with E-state index >= 15 is 0 Å². The van der Waals surface area contributed by atoms with Crippen LogP contribution < -0.4 is 5.32 Å². The third-order valence-corrected chi connectivity index (χ3v) is 3.85. The molecule has 0 saturated carbocycles. The number of hydrogen-bond acceptors (Lipinski definition) is 6. The van der Waals surface area contributed by atoms with Gasteiger partial charge in [-0.25, -0.2) is 4.68 Å². The van der Waals surface area contributed by atoms with E-state index in [2.05, 4.69) is 10.4 Å². The summed E-state index contributed by atoms with van der Waals surface area (Å²) in [7, 11) is 0. The van der Waals surface area contributed by atoms with Crippen LogP contribution in [0.1, 0.15) is 31.9 Å². The molecule has 8 heteroatoms. The van der Waals surface area contributed by atoms with Crippen LogP contribution in [-0.4, -0.2) is 45.2 Å². The number of rotatable bonds is 6. The molecule has 2 N–H and O–H groups in total. The molecule has 1 aliphatic rings. The Morgan fingerprint density at radius 3 is 2.71 bits per heavy atom. The lowest BCUT2D eigenvalue weighted by molar-refractivity contribution is -0.384. The van der Waals surface area contributed by atoms with Crippen LogP contribution in [0.2, 0.25) is 0 Å². The lowest BCUT2D eigenvalue weighted by Crippen LogP contribution is -2.47. The van der Waals surface area contributed by atoms with E-state index in [1.54, 1.807) is 11.6 Å². The molecular formula is C13H22N4O4. The summed E-state index contributed by atoms with van der Waals surface area (Å²) < 4.78 is 6.94. The van der Waals surface area contributed by atoms with Crippen molar-refractivity contribution >= 4 is 11.5 Å². The zero-order chi connectivity index (χ0) is 15.5. The summed E-state index contributed by atoms with van der Waals surface area (Å²) in [6, 6.07) is 0. The summed E-state index contributed by atoms with van der Waals surface area (Å²) in [5, 5.41) is 28.5. The Hall–Kier alpha value is -1.67. The number of aliphatic hydroxyl groups is 1. The molecule has 1 saturated heterocycles. The molecule has 0 unspecified atom stereocenters. The minimum atomic E-state index is -0.582. The average molecular weight is 298 g/mol. The van der Waals surface area contributed by atoms with Crippen LogP contribution >= 0.6 is 0 Å². The summed E-state index contributed by atoms with van der Waals surface area (Å²) in [5.74, 6) is 0.385. The SMILES string of the molecule is CCCn1nc(C)c([N+](=O)[O-])c1NC1(CO)CCOCC1. The molecule has 1 aromatic heterocycles. The standard InChI is InChI=1S/C13H22N4O4/c1-3-6-16-12(11(17(19)20)10(2)15-16)14-13(9-18)4-7-21-8-5-13/h14,18H,3-9H2,1-2H3. The van der Waals surface area contributed by atoms with E-state index in [9.17, 15) is 15.2 Å². The Morgan fingerprint density at radius 2 is 2.19 bits per heavy atom. The first-order valence-corrected chi connectivity index (χ1v) is 7.21. The maximum atomic E-state index is 11.3. The van der Waals surface area contributed by atoms with E-state index in [0.717, 1.165) is 6.42 Å². The van der Waals surface area contributed by atoms with Crippen molar-refractivity contribution in [2.24, 2.45) is 0 Å². The first kappa shape index (κ1) is 15.7. The maximum Gasteiger partial charge on any atom is 0.333 e. The highest BCUT2D eigenvalue weighted by Gasteiger charge is 2.36. The van der Waals surface area contributed by atoms with Crippen LogP contribution in [0.25, 0.3) is 0 Å². The predicted octanol–water partition coefficient (Wildman–Crippen LogP) is 1.46. The average Bonchev–Trinajstić information content (AvgIpc) is 2.76. The van der Waals surface area contributed by atoms with Crippen LogP contribution in [0.15, 0.2) is 0 Å². The second-order valence-corrected chi connectivity index (χ2v) is 5.44. The molecule has 0 spiro atoms. The molecule has 8 nitrogen and oxygen atoms in total. The van der Waals surface area contributed by atoms with Crippen molar-refractivity contribution in [3.8, 4) is 0 Å². The van der Waals surface area contributed by atoms with Crippen molar-refractivity contribution in [1.82, 2.24) is 9.78 Å². The zero-order valence-corrected chi connectivity index (χ0v) is 12.5. The van der Waals surface area contributed by atoms with Crippen molar-refractivity contribution in [3.05, 3.63) is 15.8 Å². The number of nitrogens with one attached hydrogen (secondary N) is 1. The quantitative estimate of drug-likeness (QED) is 0.609. The first-order valence-electron chi connectivity index (χ1n) is 7.21. The van der Waals surface area contributed by atoms with Crippen molar-refractivity contribution < 1.29 is 14.8 Å². The van der Waals surface area contributed by atoms with Gasteiger partial charge in [-0.05, 0) is 26.2 Å². The third kappa shape index (κ3) is 3.16. The lowest BCUT2D eigenvalue weighted by Gasteiger charge is -2.36. The number of aromatic nitrogens is 2. The molecule has 21 heavy (non-hydrogen) atoms. The summed E-state index contributed by atoms with van der Waals surface area (Å²) in [5.41, 5.74) is -0.208. The van der Waals surface area contributed by atoms with Crippen molar-refractivity contribution in [2.75, 3.05) is 25.1 Å². The van der Waals surface area contributed by atoms with Gasteiger partial charge in [0.15, 0.2) is 0 Å². The molecule has 0 aromatic carbocycles.